The van der Waals surface area contributed by atoms with Crippen molar-refractivity contribution in [2.24, 2.45) is 11.3 Å². The highest BCUT2D eigenvalue weighted by Gasteiger charge is 2.31. The van der Waals surface area contributed by atoms with Gasteiger partial charge in [-0.3, -0.25) is 9.89 Å². The number of aromatic nitrogens is 3. The first-order valence-electron chi connectivity index (χ1n) is 11.3. The van der Waals surface area contributed by atoms with Crippen molar-refractivity contribution in [3.63, 3.8) is 0 Å². The lowest BCUT2D eigenvalue weighted by molar-refractivity contribution is 0.105. The van der Waals surface area contributed by atoms with Crippen LogP contribution >= 0.6 is 0 Å². The van der Waals surface area contributed by atoms with E-state index in [1.807, 2.05) is 13.8 Å². The van der Waals surface area contributed by atoms with E-state index < -0.39 is 0 Å². The smallest absolute Gasteiger partial charge is 0.275 e. The van der Waals surface area contributed by atoms with Gasteiger partial charge in [-0.25, -0.2) is 9.50 Å². The van der Waals surface area contributed by atoms with Crippen molar-refractivity contribution in [3.05, 3.63) is 33.4 Å². The second-order valence-corrected chi connectivity index (χ2v) is 10.4. The molecule has 2 aliphatic heterocycles. The number of aromatic amines is 1. The van der Waals surface area contributed by atoms with Gasteiger partial charge in [0, 0.05) is 48.6 Å². The highest BCUT2D eigenvalue weighted by molar-refractivity contribution is 5.42. The summed E-state index contributed by atoms with van der Waals surface area (Å²) in [6.45, 7) is 18.0. The number of aryl methyl sites for hydroxylation is 1. The van der Waals surface area contributed by atoms with Crippen LogP contribution in [0.2, 0.25) is 0 Å². The molecule has 0 bridgehead atoms. The second-order valence-electron chi connectivity index (χ2n) is 10.4. The number of fused-ring (bicyclic) bond motifs is 1. The second kappa shape index (κ2) is 7.88. The topological polar surface area (TPSA) is 56.6 Å². The number of piperidine rings is 1. The summed E-state index contributed by atoms with van der Waals surface area (Å²) in [6, 6.07) is 2.07. The summed E-state index contributed by atoms with van der Waals surface area (Å²) in [5.74, 6) is 1.34. The SMILES string of the molecule is Cc1nc2cc(C3CCN(CC(C)(C)CN4CCC(C)CC4)C3)[nH]n2c(=O)c1C. The number of hydrogen-bond donors (Lipinski definition) is 1. The van der Waals surface area contributed by atoms with Crippen LogP contribution in [-0.4, -0.2) is 63.7 Å². The summed E-state index contributed by atoms with van der Waals surface area (Å²) in [5, 5.41) is 3.33. The van der Waals surface area contributed by atoms with Crippen LogP contribution in [0.25, 0.3) is 5.65 Å². The van der Waals surface area contributed by atoms with Gasteiger partial charge < -0.3 is 9.80 Å². The molecular formula is C23H37N5O. The number of nitrogens with zero attached hydrogens (tertiary/aromatic N) is 4. The molecule has 160 valence electrons. The fourth-order valence-electron chi connectivity index (χ4n) is 5.16. The van der Waals surface area contributed by atoms with E-state index in [-0.39, 0.29) is 5.56 Å². The Labute approximate surface area is 174 Å². The normalized spacial score (nSPS) is 22.7. The van der Waals surface area contributed by atoms with Crippen LogP contribution in [0.1, 0.15) is 62.9 Å². The van der Waals surface area contributed by atoms with Gasteiger partial charge in [0.15, 0.2) is 5.65 Å². The van der Waals surface area contributed by atoms with Crippen molar-refractivity contribution in [3.8, 4) is 0 Å². The largest absolute Gasteiger partial charge is 0.303 e. The fourth-order valence-corrected chi connectivity index (χ4v) is 5.16. The van der Waals surface area contributed by atoms with Gasteiger partial charge in [0.1, 0.15) is 0 Å². The molecule has 2 aromatic heterocycles. The van der Waals surface area contributed by atoms with Crippen molar-refractivity contribution in [1.82, 2.24) is 24.4 Å². The molecule has 2 aliphatic rings. The zero-order valence-electron chi connectivity index (χ0n) is 18.8. The Hall–Kier alpha value is -1.66. The van der Waals surface area contributed by atoms with Crippen molar-refractivity contribution in [2.75, 3.05) is 39.3 Å². The van der Waals surface area contributed by atoms with Gasteiger partial charge in [-0.05, 0) is 64.1 Å². The van der Waals surface area contributed by atoms with E-state index in [0.717, 1.165) is 54.6 Å². The van der Waals surface area contributed by atoms with Gasteiger partial charge in [-0.2, -0.15) is 0 Å². The molecule has 0 saturated carbocycles. The van der Waals surface area contributed by atoms with Crippen molar-refractivity contribution >= 4 is 5.65 Å². The first-order valence-corrected chi connectivity index (χ1v) is 11.3. The molecule has 29 heavy (non-hydrogen) atoms. The maximum Gasteiger partial charge on any atom is 0.275 e. The molecule has 0 aliphatic carbocycles. The Balaban J connectivity index is 1.39. The summed E-state index contributed by atoms with van der Waals surface area (Å²) in [5.41, 5.74) is 3.74. The van der Waals surface area contributed by atoms with Crippen LogP contribution in [-0.2, 0) is 0 Å². The molecule has 0 amide bonds. The van der Waals surface area contributed by atoms with Gasteiger partial charge in [0.05, 0.1) is 0 Å². The average Bonchev–Trinajstić information content (AvgIpc) is 3.28. The maximum absolute atomic E-state index is 12.5. The third-order valence-corrected chi connectivity index (χ3v) is 7.00. The molecule has 2 saturated heterocycles. The van der Waals surface area contributed by atoms with Crippen LogP contribution < -0.4 is 5.56 Å². The molecule has 4 rings (SSSR count). The van der Waals surface area contributed by atoms with E-state index in [4.69, 9.17) is 0 Å². The van der Waals surface area contributed by atoms with E-state index in [1.54, 1.807) is 4.52 Å². The highest BCUT2D eigenvalue weighted by Crippen LogP contribution is 2.30. The standard InChI is InChI=1S/C23H37N5O/c1-16-6-9-26(10-7-16)14-23(4,5)15-27-11-8-19(13-27)20-12-21-24-18(3)17(2)22(29)28(21)25-20/h12,16,19,25H,6-11,13-15H2,1-5H3. The highest BCUT2D eigenvalue weighted by atomic mass is 16.1. The first-order chi connectivity index (χ1) is 13.7. The van der Waals surface area contributed by atoms with E-state index in [1.165, 1.54) is 32.5 Å². The van der Waals surface area contributed by atoms with Crippen LogP contribution in [0.4, 0.5) is 0 Å². The Morgan fingerprint density at radius 1 is 1.10 bits per heavy atom. The van der Waals surface area contributed by atoms with Crippen molar-refractivity contribution < 1.29 is 0 Å². The summed E-state index contributed by atoms with van der Waals surface area (Å²) in [4.78, 5) is 22.4. The predicted molar refractivity (Wildman–Crippen MR) is 118 cm³/mol. The molecule has 0 aromatic carbocycles. The predicted octanol–water partition coefficient (Wildman–Crippen LogP) is 3.19. The molecule has 0 radical (unpaired) electrons. The molecule has 1 N–H and O–H groups in total. The number of H-pyrrole nitrogens is 1. The van der Waals surface area contributed by atoms with Gasteiger partial charge >= 0.3 is 0 Å². The molecule has 0 spiro atoms. The Kier molecular flexibility index (Phi) is 5.60. The van der Waals surface area contributed by atoms with Crippen LogP contribution in [0, 0.1) is 25.2 Å². The Bertz CT molecular complexity index is 919. The van der Waals surface area contributed by atoms with E-state index in [9.17, 15) is 4.79 Å². The molecule has 1 atom stereocenters. The number of rotatable bonds is 5. The molecule has 6 heteroatoms. The molecule has 2 fully saturated rings. The Morgan fingerprint density at radius 2 is 1.76 bits per heavy atom. The monoisotopic (exact) mass is 399 g/mol. The fraction of sp³-hybridized carbons (Fsp3) is 0.739. The zero-order valence-corrected chi connectivity index (χ0v) is 18.8. The van der Waals surface area contributed by atoms with E-state index in [0.29, 0.717) is 11.3 Å². The maximum atomic E-state index is 12.5. The van der Waals surface area contributed by atoms with Crippen LogP contribution in [0.15, 0.2) is 10.9 Å². The molecular weight excluding hydrogens is 362 g/mol. The summed E-state index contributed by atoms with van der Waals surface area (Å²) < 4.78 is 1.61. The minimum absolute atomic E-state index is 0.0191. The lowest BCUT2D eigenvalue weighted by Crippen LogP contribution is -2.44. The summed E-state index contributed by atoms with van der Waals surface area (Å²) in [7, 11) is 0. The van der Waals surface area contributed by atoms with Crippen molar-refractivity contribution in [1.29, 1.82) is 0 Å². The zero-order chi connectivity index (χ0) is 20.8. The average molecular weight is 400 g/mol. The Morgan fingerprint density at radius 3 is 2.48 bits per heavy atom. The van der Waals surface area contributed by atoms with E-state index >= 15 is 0 Å². The van der Waals surface area contributed by atoms with Gasteiger partial charge in [-0.1, -0.05) is 20.8 Å². The minimum Gasteiger partial charge on any atom is -0.303 e. The molecule has 1 unspecified atom stereocenters. The summed E-state index contributed by atoms with van der Waals surface area (Å²) >= 11 is 0. The number of likely N-dealkylation sites (tertiary alicyclic amines) is 2. The third-order valence-electron chi connectivity index (χ3n) is 7.00. The quantitative estimate of drug-likeness (QED) is 0.839. The molecule has 2 aromatic rings. The lowest BCUT2D eigenvalue weighted by Gasteiger charge is -2.38. The molecule has 4 heterocycles. The third kappa shape index (κ3) is 4.43. The molecule has 6 nitrogen and oxygen atoms in total. The summed E-state index contributed by atoms with van der Waals surface area (Å²) in [6.07, 6.45) is 3.82. The van der Waals surface area contributed by atoms with Gasteiger partial charge in [0.25, 0.3) is 5.56 Å². The number of nitrogens with one attached hydrogen (secondary N) is 1. The first kappa shape index (κ1) is 20.6. The van der Waals surface area contributed by atoms with Crippen LogP contribution in [0.5, 0.6) is 0 Å². The lowest BCUT2D eigenvalue weighted by atomic mass is 9.90. The minimum atomic E-state index is 0.0191. The van der Waals surface area contributed by atoms with Gasteiger partial charge in [-0.15, -0.1) is 0 Å². The van der Waals surface area contributed by atoms with E-state index in [2.05, 4.69) is 46.7 Å². The van der Waals surface area contributed by atoms with Gasteiger partial charge in [0.2, 0.25) is 0 Å². The number of hydrogen-bond acceptors (Lipinski definition) is 4. The van der Waals surface area contributed by atoms with Crippen molar-refractivity contribution in [2.45, 2.75) is 59.8 Å². The van der Waals surface area contributed by atoms with Crippen LogP contribution in [0.3, 0.4) is 0 Å².